The second kappa shape index (κ2) is 6.50. The fourth-order valence-corrected chi connectivity index (χ4v) is 4.27. The fourth-order valence-electron chi connectivity index (χ4n) is 2.78. The molecule has 2 atom stereocenters. The summed E-state index contributed by atoms with van der Waals surface area (Å²) in [5, 5.41) is 3.22. The van der Waals surface area contributed by atoms with E-state index in [2.05, 4.69) is 17.0 Å². The molecule has 0 radical (unpaired) electrons. The van der Waals surface area contributed by atoms with Gasteiger partial charge in [-0.15, -0.1) is 0 Å². The van der Waals surface area contributed by atoms with E-state index in [0.717, 1.165) is 19.3 Å². The quantitative estimate of drug-likeness (QED) is 0.846. The zero-order valence-corrected chi connectivity index (χ0v) is 14.1. The largest absolute Gasteiger partial charge is 0.464 e. The fraction of sp³-hybridized carbons (Fsp3) is 0.733. The molecule has 1 saturated carbocycles. The first-order valence-electron chi connectivity index (χ1n) is 7.63. The maximum atomic E-state index is 12.5. The van der Waals surface area contributed by atoms with Gasteiger partial charge in [0.05, 0.1) is 6.54 Å². The summed E-state index contributed by atoms with van der Waals surface area (Å²) < 4.78 is 33.3. The first-order valence-corrected chi connectivity index (χ1v) is 9.11. The van der Waals surface area contributed by atoms with Gasteiger partial charge in [0.15, 0.2) is 0 Å². The Balaban J connectivity index is 2.08. The van der Waals surface area contributed by atoms with Crippen LogP contribution in [0.25, 0.3) is 0 Å². The van der Waals surface area contributed by atoms with Gasteiger partial charge in [0.25, 0.3) is 0 Å². The van der Waals surface area contributed by atoms with Gasteiger partial charge in [0.2, 0.25) is 10.0 Å². The summed E-state index contributed by atoms with van der Waals surface area (Å²) in [4.78, 5) is 0.266. The molecule has 1 aromatic rings. The van der Waals surface area contributed by atoms with Gasteiger partial charge in [0.1, 0.15) is 16.4 Å². The molecule has 6 heteroatoms. The average molecular weight is 314 g/mol. The van der Waals surface area contributed by atoms with Crippen molar-refractivity contribution in [2.24, 2.45) is 5.92 Å². The van der Waals surface area contributed by atoms with Crippen molar-refractivity contribution in [3.05, 3.63) is 17.6 Å². The Morgan fingerprint density at radius 3 is 2.67 bits per heavy atom. The van der Waals surface area contributed by atoms with Gasteiger partial charge in [0, 0.05) is 18.2 Å². The smallest absolute Gasteiger partial charge is 0.244 e. The summed E-state index contributed by atoms with van der Waals surface area (Å²) in [5.41, 5.74) is 0. The van der Waals surface area contributed by atoms with Gasteiger partial charge in [-0.1, -0.05) is 20.8 Å². The van der Waals surface area contributed by atoms with Crippen molar-refractivity contribution in [1.29, 1.82) is 0 Å². The number of sulfonamides is 1. The lowest BCUT2D eigenvalue weighted by Gasteiger charge is -2.12. The summed E-state index contributed by atoms with van der Waals surface area (Å²) in [7, 11) is -3.49. The Labute approximate surface area is 127 Å². The van der Waals surface area contributed by atoms with Gasteiger partial charge in [-0.25, -0.2) is 13.1 Å². The van der Waals surface area contributed by atoms with E-state index in [9.17, 15) is 8.42 Å². The predicted octanol–water partition coefficient (Wildman–Crippen LogP) is 2.55. The molecule has 1 heterocycles. The second-order valence-electron chi connectivity index (χ2n) is 6.41. The van der Waals surface area contributed by atoms with E-state index in [0.29, 0.717) is 30.0 Å². The highest BCUT2D eigenvalue weighted by atomic mass is 32.2. The summed E-state index contributed by atoms with van der Waals surface area (Å²) in [6.45, 7) is 8.47. The lowest BCUT2D eigenvalue weighted by molar-refractivity contribution is 0.443. The Morgan fingerprint density at radius 2 is 2.10 bits per heavy atom. The molecule has 21 heavy (non-hydrogen) atoms. The van der Waals surface area contributed by atoms with E-state index < -0.39 is 10.0 Å². The third-order valence-electron chi connectivity index (χ3n) is 3.91. The SMILES string of the molecule is Cc1oc(CNC(C)C)cc1S(=O)(=O)NC1CCC(C)C1. The van der Waals surface area contributed by atoms with Crippen molar-refractivity contribution in [2.75, 3.05) is 0 Å². The Kier molecular flexibility index (Phi) is 5.11. The monoisotopic (exact) mass is 314 g/mol. The molecule has 1 aliphatic carbocycles. The average Bonchev–Trinajstić information content (AvgIpc) is 2.93. The third kappa shape index (κ3) is 4.31. The molecule has 1 aromatic heterocycles. The highest BCUT2D eigenvalue weighted by Gasteiger charge is 2.28. The highest BCUT2D eigenvalue weighted by molar-refractivity contribution is 7.89. The third-order valence-corrected chi connectivity index (χ3v) is 5.54. The standard InChI is InChI=1S/C15H26N2O3S/c1-10(2)16-9-14-8-15(12(4)20-14)21(18,19)17-13-6-5-11(3)7-13/h8,10-11,13,16-17H,5-7,9H2,1-4H3. The summed E-state index contributed by atoms with van der Waals surface area (Å²) >= 11 is 0. The van der Waals surface area contributed by atoms with Crippen LogP contribution in [-0.2, 0) is 16.6 Å². The Bertz CT molecular complexity index is 578. The van der Waals surface area contributed by atoms with E-state index in [1.54, 1.807) is 13.0 Å². The first-order chi connectivity index (χ1) is 9.78. The lowest BCUT2D eigenvalue weighted by Crippen LogP contribution is -2.33. The maximum Gasteiger partial charge on any atom is 0.244 e. The van der Waals surface area contributed by atoms with Crippen LogP contribution in [-0.4, -0.2) is 20.5 Å². The minimum Gasteiger partial charge on any atom is -0.464 e. The van der Waals surface area contributed by atoms with Crippen LogP contribution in [0.2, 0.25) is 0 Å². The number of nitrogens with one attached hydrogen (secondary N) is 2. The molecule has 2 rings (SSSR count). The molecule has 0 aromatic carbocycles. The van der Waals surface area contributed by atoms with Gasteiger partial charge < -0.3 is 9.73 Å². The van der Waals surface area contributed by atoms with E-state index in [4.69, 9.17) is 4.42 Å². The van der Waals surface area contributed by atoms with Crippen molar-refractivity contribution in [2.45, 2.75) is 70.5 Å². The molecule has 0 spiro atoms. The minimum atomic E-state index is -3.49. The summed E-state index contributed by atoms with van der Waals surface area (Å²) in [6, 6.07) is 2.01. The minimum absolute atomic E-state index is 0.0524. The molecule has 2 N–H and O–H groups in total. The molecule has 2 unspecified atom stereocenters. The first kappa shape index (κ1) is 16.5. The van der Waals surface area contributed by atoms with E-state index in [1.165, 1.54) is 0 Å². The van der Waals surface area contributed by atoms with Gasteiger partial charge >= 0.3 is 0 Å². The lowest BCUT2D eigenvalue weighted by atomic mass is 10.1. The van der Waals surface area contributed by atoms with E-state index >= 15 is 0 Å². The van der Waals surface area contributed by atoms with Crippen LogP contribution in [0.4, 0.5) is 0 Å². The van der Waals surface area contributed by atoms with Gasteiger partial charge in [-0.2, -0.15) is 0 Å². The summed E-state index contributed by atoms with van der Waals surface area (Å²) in [5.74, 6) is 1.70. The van der Waals surface area contributed by atoms with Crippen LogP contribution >= 0.6 is 0 Å². The van der Waals surface area contributed by atoms with Crippen molar-refractivity contribution in [1.82, 2.24) is 10.0 Å². The van der Waals surface area contributed by atoms with Crippen LogP contribution in [0.1, 0.15) is 51.6 Å². The molecule has 1 fully saturated rings. The highest BCUT2D eigenvalue weighted by Crippen LogP contribution is 2.27. The number of aryl methyl sites for hydroxylation is 1. The normalized spacial score (nSPS) is 23.1. The van der Waals surface area contributed by atoms with Gasteiger partial charge in [-0.3, -0.25) is 0 Å². The molecule has 0 aliphatic heterocycles. The van der Waals surface area contributed by atoms with E-state index in [-0.39, 0.29) is 10.9 Å². The second-order valence-corrected chi connectivity index (χ2v) is 8.09. The number of rotatable bonds is 6. The zero-order chi connectivity index (χ0) is 15.6. The van der Waals surface area contributed by atoms with Crippen molar-refractivity contribution in [3.63, 3.8) is 0 Å². The topological polar surface area (TPSA) is 71.3 Å². The Morgan fingerprint density at radius 1 is 1.38 bits per heavy atom. The number of hydrogen-bond donors (Lipinski definition) is 2. The molecule has 1 aliphatic rings. The van der Waals surface area contributed by atoms with Gasteiger partial charge in [-0.05, 0) is 32.1 Å². The molecule has 0 saturated heterocycles. The van der Waals surface area contributed by atoms with Crippen molar-refractivity contribution >= 4 is 10.0 Å². The zero-order valence-electron chi connectivity index (χ0n) is 13.3. The van der Waals surface area contributed by atoms with Crippen LogP contribution in [0.15, 0.2) is 15.4 Å². The molecule has 0 amide bonds. The van der Waals surface area contributed by atoms with E-state index in [1.807, 2.05) is 13.8 Å². The van der Waals surface area contributed by atoms with Crippen molar-refractivity contribution in [3.8, 4) is 0 Å². The summed E-state index contributed by atoms with van der Waals surface area (Å²) in [6.07, 6.45) is 2.91. The van der Waals surface area contributed by atoms with Crippen LogP contribution in [0.5, 0.6) is 0 Å². The molecular weight excluding hydrogens is 288 g/mol. The van der Waals surface area contributed by atoms with Crippen molar-refractivity contribution < 1.29 is 12.8 Å². The van der Waals surface area contributed by atoms with Crippen LogP contribution in [0, 0.1) is 12.8 Å². The predicted molar refractivity (Wildman–Crippen MR) is 82.5 cm³/mol. The molecular formula is C15H26N2O3S. The molecule has 0 bridgehead atoms. The number of hydrogen-bond acceptors (Lipinski definition) is 4. The van der Waals surface area contributed by atoms with Crippen LogP contribution < -0.4 is 10.0 Å². The molecule has 5 nitrogen and oxygen atoms in total. The van der Waals surface area contributed by atoms with Crippen LogP contribution in [0.3, 0.4) is 0 Å². The maximum absolute atomic E-state index is 12.5. The molecule has 120 valence electrons. The number of furan rings is 1. The Hall–Kier alpha value is -0.850.